The van der Waals surface area contributed by atoms with Gasteiger partial charge in [0, 0.05) is 17.6 Å². The third-order valence-electron chi connectivity index (χ3n) is 5.52. The van der Waals surface area contributed by atoms with Crippen LogP contribution in [0.5, 0.6) is 5.75 Å². The van der Waals surface area contributed by atoms with Gasteiger partial charge in [0.15, 0.2) is 6.61 Å². The van der Waals surface area contributed by atoms with E-state index in [2.05, 4.69) is 5.32 Å². The van der Waals surface area contributed by atoms with Gasteiger partial charge in [-0.15, -0.1) is 0 Å². The van der Waals surface area contributed by atoms with Crippen molar-refractivity contribution in [2.45, 2.75) is 58.2 Å². The summed E-state index contributed by atoms with van der Waals surface area (Å²) in [7, 11) is 0. The zero-order valence-corrected chi connectivity index (χ0v) is 18.3. The fourth-order valence-electron chi connectivity index (χ4n) is 3.72. The first-order valence-electron chi connectivity index (χ1n) is 10.5. The average molecular weight is 429 g/mol. The number of aryl methyl sites for hydroxylation is 1. The normalized spacial score (nSPS) is 14.9. The SMILES string of the molecule is Cc1cccc(OCC(=O)N(Cc2ccccc2Cl)[C@H](C)C(=O)NC2CCCC2)c1. The van der Waals surface area contributed by atoms with Crippen LogP contribution in [0.25, 0.3) is 0 Å². The van der Waals surface area contributed by atoms with Crippen LogP contribution >= 0.6 is 11.6 Å². The topological polar surface area (TPSA) is 58.6 Å². The van der Waals surface area contributed by atoms with Gasteiger partial charge in [0.1, 0.15) is 11.8 Å². The highest BCUT2D eigenvalue weighted by Gasteiger charge is 2.29. The molecule has 2 aromatic carbocycles. The molecule has 3 rings (SSSR count). The summed E-state index contributed by atoms with van der Waals surface area (Å²) >= 11 is 6.32. The number of rotatable bonds is 8. The molecule has 0 heterocycles. The second kappa shape index (κ2) is 10.5. The summed E-state index contributed by atoms with van der Waals surface area (Å²) in [6.07, 6.45) is 4.25. The Morgan fingerprint density at radius 2 is 1.90 bits per heavy atom. The lowest BCUT2D eigenvalue weighted by Gasteiger charge is -2.30. The van der Waals surface area contributed by atoms with E-state index < -0.39 is 6.04 Å². The largest absolute Gasteiger partial charge is 0.484 e. The van der Waals surface area contributed by atoms with E-state index in [0.717, 1.165) is 36.8 Å². The molecule has 1 saturated carbocycles. The Morgan fingerprint density at radius 3 is 2.60 bits per heavy atom. The Hall–Kier alpha value is -2.53. The summed E-state index contributed by atoms with van der Waals surface area (Å²) in [5.41, 5.74) is 1.85. The number of halogens is 1. The lowest BCUT2D eigenvalue weighted by Crippen LogP contribution is -2.50. The van der Waals surface area contributed by atoms with Gasteiger partial charge >= 0.3 is 0 Å². The first kappa shape index (κ1) is 22.2. The highest BCUT2D eigenvalue weighted by atomic mass is 35.5. The molecule has 1 aliphatic rings. The van der Waals surface area contributed by atoms with Crippen molar-refractivity contribution >= 4 is 23.4 Å². The van der Waals surface area contributed by atoms with Crippen molar-refractivity contribution in [3.63, 3.8) is 0 Å². The predicted molar refractivity (Wildman–Crippen MR) is 119 cm³/mol. The second-order valence-corrected chi connectivity index (χ2v) is 8.29. The van der Waals surface area contributed by atoms with Crippen LogP contribution in [-0.2, 0) is 16.1 Å². The highest BCUT2D eigenvalue weighted by molar-refractivity contribution is 6.31. The first-order valence-corrected chi connectivity index (χ1v) is 10.8. The van der Waals surface area contributed by atoms with Crippen molar-refractivity contribution in [2.24, 2.45) is 0 Å². The quantitative estimate of drug-likeness (QED) is 0.673. The number of carbonyl (C=O) groups excluding carboxylic acids is 2. The van der Waals surface area contributed by atoms with E-state index >= 15 is 0 Å². The number of nitrogens with one attached hydrogen (secondary N) is 1. The average Bonchev–Trinajstić information content (AvgIpc) is 3.24. The molecule has 6 heteroatoms. The van der Waals surface area contributed by atoms with Crippen molar-refractivity contribution in [2.75, 3.05) is 6.61 Å². The number of benzene rings is 2. The molecular formula is C24H29ClN2O3. The van der Waals surface area contributed by atoms with Crippen LogP contribution in [0.1, 0.15) is 43.7 Å². The molecule has 30 heavy (non-hydrogen) atoms. The molecule has 0 bridgehead atoms. The van der Waals surface area contributed by atoms with Gasteiger partial charge < -0.3 is 15.0 Å². The molecule has 5 nitrogen and oxygen atoms in total. The fraction of sp³-hybridized carbons (Fsp3) is 0.417. The van der Waals surface area contributed by atoms with Crippen molar-refractivity contribution in [3.8, 4) is 5.75 Å². The summed E-state index contributed by atoms with van der Waals surface area (Å²) in [5.74, 6) is 0.229. The third kappa shape index (κ3) is 5.99. The standard InChI is InChI=1S/C24H29ClN2O3/c1-17-8-7-12-21(14-17)30-16-23(28)27(15-19-9-3-6-13-22(19)25)18(2)24(29)26-20-10-4-5-11-20/h3,6-9,12-14,18,20H,4-5,10-11,15-16H2,1-2H3,(H,26,29)/t18-/m1/s1. The number of ether oxygens (including phenoxy) is 1. The van der Waals surface area contributed by atoms with Crippen molar-refractivity contribution in [3.05, 3.63) is 64.7 Å². The molecule has 0 unspecified atom stereocenters. The van der Waals surface area contributed by atoms with E-state index in [1.807, 2.05) is 49.4 Å². The molecule has 0 radical (unpaired) electrons. The van der Waals surface area contributed by atoms with E-state index in [4.69, 9.17) is 16.3 Å². The van der Waals surface area contributed by atoms with Gasteiger partial charge in [-0.3, -0.25) is 9.59 Å². The van der Waals surface area contributed by atoms with Crippen LogP contribution in [0.15, 0.2) is 48.5 Å². The van der Waals surface area contributed by atoms with Gasteiger partial charge in [0.05, 0.1) is 0 Å². The zero-order chi connectivity index (χ0) is 21.5. The highest BCUT2D eigenvalue weighted by Crippen LogP contribution is 2.21. The maximum atomic E-state index is 13.1. The second-order valence-electron chi connectivity index (χ2n) is 7.88. The van der Waals surface area contributed by atoms with Crippen LogP contribution in [0.4, 0.5) is 0 Å². The van der Waals surface area contributed by atoms with Gasteiger partial charge in [0.2, 0.25) is 5.91 Å². The lowest BCUT2D eigenvalue weighted by molar-refractivity contribution is -0.142. The molecule has 2 amide bonds. The van der Waals surface area contributed by atoms with E-state index in [1.54, 1.807) is 17.9 Å². The molecule has 1 aliphatic carbocycles. The molecule has 0 aliphatic heterocycles. The van der Waals surface area contributed by atoms with Crippen LogP contribution in [0, 0.1) is 6.92 Å². The number of carbonyl (C=O) groups is 2. The molecule has 0 aromatic heterocycles. The Bertz CT molecular complexity index is 880. The van der Waals surface area contributed by atoms with Crippen LogP contribution < -0.4 is 10.1 Å². The van der Waals surface area contributed by atoms with E-state index in [0.29, 0.717) is 10.8 Å². The minimum Gasteiger partial charge on any atom is -0.484 e. The minimum atomic E-state index is -0.629. The van der Waals surface area contributed by atoms with Crippen molar-refractivity contribution in [1.29, 1.82) is 0 Å². The van der Waals surface area contributed by atoms with Crippen LogP contribution in [0.2, 0.25) is 5.02 Å². The summed E-state index contributed by atoms with van der Waals surface area (Å²) in [5, 5.41) is 3.66. The number of hydrogen-bond acceptors (Lipinski definition) is 3. The Labute approximate surface area is 183 Å². The first-order chi connectivity index (χ1) is 14.4. The zero-order valence-electron chi connectivity index (χ0n) is 17.6. The molecule has 160 valence electrons. The van der Waals surface area contributed by atoms with Gasteiger partial charge in [0.25, 0.3) is 5.91 Å². The Balaban J connectivity index is 1.72. The summed E-state index contributed by atoms with van der Waals surface area (Å²) < 4.78 is 5.70. The molecule has 1 N–H and O–H groups in total. The molecule has 0 saturated heterocycles. The fourth-order valence-corrected chi connectivity index (χ4v) is 3.91. The Kier molecular flexibility index (Phi) is 7.75. The maximum Gasteiger partial charge on any atom is 0.261 e. The summed E-state index contributed by atoms with van der Waals surface area (Å²) in [6, 6.07) is 14.5. The molecule has 1 fully saturated rings. The summed E-state index contributed by atoms with van der Waals surface area (Å²) in [6.45, 7) is 3.82. The predicted octanol–water partition coefficient (Wildman–Crippen LogP) is 4.50. The molecule has 0 spiro atoms. The minimum absolute atomic E-state index is 0.141. The van der Waals surface area contributed by atoms with Crippen LogP contribution in [0.3, 0.4) is 0 Å². The molecule has 1 atom stereocenters. The van der Waals surface area contributed by atoms with Gasteiger partial charge in [-0.2, -0.15) is 0 Å². The number of amides is 2. The third-order valence-corrected chi connectivity index (χ3v) is 5.89. The van der Waals surface area contributed by atoms with Gasteiger partial charge in [-0.25, -0.2) is 0 Å². The van der Waals surface area contributed by atoms with E-state index in [-0.39, 0.29) is 31.0 Å². The van der Waals surface area contributed by atoms with Gasteiger partial charge in [-0.05, 0) is 56.0 Å². The van der Waals surface area contributed by atoms with E-state index in [1.165, 1.54) is 0 Å². The van der Waals surface area contributed by atoms with Crippen molar-refractivity contribution in [1.82, 2.24) is 10.2 Å². The van der Waals surface area contributed by atoms with Crippen LogP contribution in [-0.4, -0.2) is 35.4 Å². The van der Waals surface area contributed by atoms with Crippen molar-refractivity contribution < 1.29 is 14.3 Å². The maximum absolute atomic E-state index is 13.1. The van der Waals surface area contributed by atoms with Gasteiger partial charge in [-0.1, -0.05) is 54.8 Å². The lowest BCUT2D eigenvalue weighted by atomic mass is 10.1. The molecule has 2 aromatic rings. The monoisotopic (exact) mass is 428 g/mol. The molecular weight excluding hydrogens is 400 g/mol. The summed E-state index contributed by atoms with van der Waals surface area (Å²) in [4.78, 5) is 27.5. The van der Waals surface area contributed by atoms with E-state index in [9.17, 15) is 9.59 Å². The Morgan fingerprint density at radius 1 is 1.17 bits per heavy atom. The number of hydrogen-bond donors (Lipinski definition) is 1. The number of nitrogens with zero attached hydrogens (tertiary/aromatic N) is 1. The smallest absolute Gasteiger partial charge is 0.261 e.